The van der Waals surface area contributed by atoms with Crippen LogP contribution in [0.25, 0.3) is 0 Å². The number of benzene rings is 5. The summed E-state index contributed by atoms with van der Waals surface area (Å²) in [4.78, 5) is 2.36. The number of anilines is 1. The van der Waals surface area contributed by atoms with Gasteiger partial charge in [0.1, 0.15) is 12.4 Å². The number of aliphatic hydroxyl groups excluding tert-OH is 2. The molecule has 3 N–H and O–H groups in total. The van der Waals surface area contributed by atoms with Gasteiger partial charge in [-0.25, -0.2) is 16.8 Å². The van der Waals surface area contributed by atoms with Crippen molar-refractivity contribution in [3.63, 3.8) is 0 Å². The molecular weight excluding hydrogens is 661 g/mol. The minimum absolute atomic E-state index is 0.114. The molecule has 5 rings (SSSR count). The van der Waals surface area contributed by atoms with E-state index in [4.69, 9.17) is 4.74 Å². The topological polar surface area (TPSA) is 133 Å². The van der Waals surface area contributed by atoms with Gasteiger partial charge in [0.2, 0.25) is 19.9 Å². The number of sulfonamides is 1. The van der Waals surface area contributed by atoms with E-state index in [0.29, 0.717) is 24.3 Å². The zero-order valence-corrected chi connectivity index (χ0v) is 28.7. The molecule has 0 fully saturated rings. The Kier molecular flexibility index (Phi) is 11.9. The van der Waals surface area contributed by atoms with Crippen molar-refractivity contribution in [1.82, 2.24) is 4.90 Å². The third-order valence-electron chi connectivity index (χ3n) is 8.04. The van der Waals surface area contributed by atoms with Crippen molar-refractivity contribution >= 4 is 25.5 Å². The molecule has 0 radical (unpaired) electrons. The number of sulfone groups is 1. The second kappa shape index (κ2) is 16.3. The van der Waals surface area contributed by atoms with Gasteiger partial charge in [-0.2, -0.15) is 0 Å². The zero-order valence-electron chi connectivity index (χ0n) is 27.1. The largest absolute Gasteiger partial charge is 0.487 e. The van der Waals surface area contributed by atoms with E-state index in [1.165, 1.54) is 0 Å². The molecule has 0 amide bonds. The standard InChI is InChI=1S/C38H40N2O7S2/c1-48(43,44)39-36-24-32(19-22-38(36)47-28-31-13-7-3-8-14-31)37(42)26-40(25-30-11-5-2-6-12-30)33(27-41)23-29-17-20-35(21-18-29)49(45,46)34-15-9-4-10-16-34/h2-22,24,33,37,39,41-42H,23,25-28H2,1H3/t33-,37?/m0/s1. The van der Waals surface area contributed by atoms with Crippen LogP contribution in [-0.2, 0) is 39.4 Å². The van der Waals surface area contributed by atoms with Crippen molar-refractivity contribution in [2.45, 2.75) is 41.5 Å². The molecule has 0 aliphatic heterocycles. The van der Waals surface area contributed by atoms with Crippen LogP contribution in [-0.4, -0.2) is 57.4 Å². The molecule has 1 unspecified atom stereocenters. The summed E-state index contributed by atoms with van der Waals surface area (Å²) < 4.78 is 59.1. The van der Waals surface area contributed by atoms with Crippen LogP contribution in [0.15, 0.2) is 143 Å². The molecule has 11 heteroatoms. The predicted octanol–water partition coefficient (Wildman–Crippen LogP) is 5.61. The van der Waals surface area contributed by atoms with Gasteiger partial charge in [-0.1, -0.05) is 97.1 Å². The Labute approximate surface area is 288 Å². The third-order valence-corrected chi connectivity index (χ3v) is 10.4. The van der Waals surface area contributed by atoms with E-state index >= 15 is 0 Å². The van der Waals surface area contributed by atoms with Gasteiger partial charge < -0.3 is 14.9 Å². The van der Waals surface area contributed by atoms with Gasteiger partial charge in [0.25, 0.3) is 0 Å². The molecule has 0 aliphatic carbocycles. The number of nitrogens with one attached hydrogen (secondary N) is 1. The van der Waals surface area contributed by atoms with Crippen molar-refractivity contribution in [2.24, 2.45) is 0 Å². The Hall–Kier alpha value is -4.52. The van der Waals surface area contributed by atoms with Crippen LogP contribution >= 0.6 is 0 Å². The molecule has 5 aromatic carbocycles. The first kappa shape index (κ1) is 35.8. The van der Waals surface area contributed by atoms with Crippen LogP contribution in [0.5, 0.6) is 5.75 Å². The van der Waals surface area contributed by atoms with Gasteiger partial charge in [-0.15, -0.1) is 0 Å². The molecule has 0 aromatic heterocycles. The Balaban J connectivity index is 1.37. The molecule has 0 saturated heterocycles. The lowest BCUT2D eigenvalue weighted by Crippen LogP contribution is -2.41. The van der Waals surface area contributed by atoms with E-state index < -0.39 is 32.0 Å². The first-order valence-corrected chi connectivity index (χ1v) is 19.1. The monoisotopic (exact) mass is 700 g/mol. The lowest BCUT2D eigenvalue weighted by atomic mass is 10.0. The smallest absolute Gasteiger partial charge is 0.229 e. The summed E-state index contributed by atoms with van der Waals surface area (Å²) in [6.07, 6.45) is 0.377. The third kappa shape index (κ3) is 10.0. The predicted molar refractivity (Wildman–Crippen MR) is 190 cm³/mol. The van der Waals surface area contributed by atoms with Crippen molar-refractivity contribution in [2.75, 3.05) is 24.1 Å². The first-order valence-electron chi connectivity index (χ1n) is 15.8. The highest BCUT2D eigenvalue weighted by Gasteiger charge is 2.24. The summed E-state index contributed by atoms with van der Waals surface area (Å²) in [6, 6.07) is 38.5. The SMILES string of the molecule is CS(=O)(=O)Nc1cc(C(O)CN(Cc2ccccc2)[C@H](CO)Cc2ccc(S(=O)(=O)c3ccccc3)cc2)ccc1OCc1ccccc1. The van der Waals surface area contributed by atoms with Crippen LogP contribution in [0.4, 0.5) is 5.69 Å². The fraction of sp³-hybridized carbons (Fsp3) is 0.211. The molecule has 256 valence electrons. The van der Waals surface area contributed by atoms with Crippen LogP contribution in [0, 0.1) is 0 Å². The van der Waals surface area contributed by atoms with Gasteiger partial charge in [0.05, 0.1) is 34.4 Å². The second-order valence-corrected chi connectivity index (χ2v) is 15.5. The lowest BCUT2D eigenvalue weighted by molar-refractivity contribution is 0.0566. The van der Waals surface area contributed by atoms with Gasteiger partial charge >= 0.3 is 0 Å². The van der Waals surface area contributed by atoms with Gasteiger partial charge in [-0.3, -0.25) is 9.62 Å². The molecule has 0 saturated carbocycles. The average molecular weight is 701 g/mol. The van der Waals surface area contributed by atoms with Crippen LogP contribution in [0.3, 0.4) is 0 Å². The summed E-state index contributed by atoms with van der Waals surface area (Å²) in [7, 11) is -7.34. The normalized spacial score (nSPS) is 13.1. The summed E-state index contributed by atoms with van der Waals surface area (Å²) in [5.41, 5.74) is 3.37. The number of aliphatic hydroxyl groups is 2. The summed E-state index contributed by atoms with van der Waals surface area (Å²) >= 11 is 0. The fourth-order valence-electron chi connectivity index (χ4n) is 5.51. The maximum Gasteiger partial charge on any atom is 0.229 e. The molecule has 0 spiro atoms. The van der Waals surface area contributed by atoms with E-state index in [0.717, 1.165) is 22.9 Å². The van der Waals surface area contributed by atoms with Crippen molar-refractivity contribution in [1.29, 1.82) is 0 Å². The van der Waals surface area contributed by atoms with Crippen LogP contribution in [0.2, 0.25) is 0 Å². The molecule has 0 heterocycles. The quantitative estimate of drug-likeness (QED) is 0.121. The van der Waals surface area contributed by atoms with Crippen LogP contribution in [0.1, 0.15) is 28.4 Å². The molecule has 49 heavy (non-hydrogen) atoms. The number of rotatable bonds is 16. The highest BCUT2D eigenvalue weighted by molar-refractivity contribution is 7.92. The molecule has 2 atom stereocenters. The van der Waals surface area contributed by atoms with E-state index in [1.54, 1.807) is 72.8 Å². The minimum Gasteiger partial charge on any atom is -0.487 e. The fourth-order valence-corrected chi connectivity index (χ4v) is 7.35. The Morgan fingerprint density at radius 2 is 1.29 bits per heavy atom. The number of hydrogen-bond donors (Lipinski definition) is 3. The van der Waals surface area contributed by atoms with Gasteiger partial charge in [-0.05, 0) is 65.1 Å². The summed E-state index contributed by atoms with van der Waals surface area (Å²) in [6.45, 7) is 0.527. The highest BCUT2D eigenvalue weighted by atomic mass is 32.2. The molecular formula is C38H40N2O7S2. The Morgan fingerprint density at radius 1 is 0.714 bits per heavy atom. The average Bonchev–Trinajstić information content (AvgIpc) is 3.10. The number of ether oxygens (including phenoxy) is 1. The molecule has 0 aliphatic rings. The molecule has 0 bridgehead atoms. The van der Waals surface area contributed by atoms with Crippen molar-refractivity contribution < 1.29 is 31.8 Å². The Morgan fingerprint density at radius 3 is 1.88 bits per heavy atom. The highest BCUT2D eigenvalue weighted by Crippen LogP contribution is 2.31. The van der Waals surface area contributed by atoms with Crippen molar-refractivity contribution in [3.8, 4) is 5.75 Å². The Bertz CT molecular complexity index is 2010. The van der Waals surface area contributed by atoms with Gasteiger partial charge in [0, 0.05) is 19.1 Å². The first-order chi connectivity index (χ1) is 23.5. The lowest BCUT2D eigenvalue weighted by Gasteiger charge is -2.33. The minimum atomic E-state index is -3.67. The summed E-state index contributed by atoms with van der Waals surface area (Å²) in [5.74, 6) is 0.317. The molecule has 5 aromatic rings. The second-order valence-electron chi connectivity index (χ2n) is 11.8. The summed E-state index contributed by atoms with van der Waals surface area (Å²) in [5, 5.41) is 22.1. The van der Waals surface area contributed by atoms with E-state index in [2.05, 4.69) is 4.72 Å². The van der Waals surface area contributed by atoms with Crippen molar-refractivity contribution in [3.05, 3.63) is 156 Å². The number of nitrogens with zero attached hydrogens (tertiary/aromatic N) is 1. The van der Waals surface area contributed by atoms with Gasteiger partial charge in [0.15, 0.2) is 0 Å². The van der Waals surface area contributed by atoms with E-state index in [-0.39, 0.29) is 35.2 Å². The maximum atomic E-state index is 13.1. The number of hydrogen-bond acceptors (Lipinski definition) is 8. The van der Waals surface area contributed by atoms with E-state index in [1.807, 2.05) is 65.6 Å². The van der Waals surface area contributed by atoms with Crippen LogP contribution < -0.4 is 9.46 Å². The molecule has 9 nitrogen and oxygen atoms in total. The van der Waals surface area contributed by atoms with E-state index in [9.17, 15) is 27.0 Å². The maximum absolute atomic E-state index is 13.1. The zero-order chi connectivity index (χ0) is 34.9.